The predicted molar refractivity (Wildman–Crippen MR) is 72.0 cm³/mol. The number of hydrogen-bond donors (Lipinski definition) is 0. The number of aryl methyl sites for hydroxylation is 1. The van der Waals surface area contributed by atoms with Gasteiger partial charge in [0, 0.05) is 6.61 Å². The fourth-order valence-electron chi connectivity index (χ4n) is 1.77. The van der Waals surface area contributed by atoms with Crippen LogP contribution >= 0.6 is 0 Å². The second kappa shape index (κ2) is 8.54. The average Bonchev–Trinajstić information content (AvgIpc) is 2.34. The Hall–Kier alpha value is -0.603. The lowest BCUT2D eigenvalue weighted by molar-refractivity contribution is 0.311. The van der Waals surface area contributed by atoms with Crippen molar-refractivity contribution >= 4 is 9.04 Å². The maximum absolute atomic E-state index is 5.96. The van der Waals surface area contributed by atoms with Crippen LogP contribution in [0.2, 0.25) is 12.1 Å². The lowest BCUT2D eigenvalue weighted by Gasteiger charge is -2.12. The van der Waals surface area contributed by atoms with E-state index in [1.165, 1.54) is 24.1 Å². The molecule has 0 saturated carbocycles. The minimum absolute atomic E-state index is 0.489. The third kappa shape index (κ3) is 5.47. The van der Waals surface area contributed by atoms with Crippen molar-refractivity contribution in [3.05, 3.63) is 35.9 Å². The van der Waals surface area contributed by atoms with Crippen LogP contribution in [0.15, 0.2) is 30.3 Å². The van der Waals surface area contributed by atoms with Crippen molar-refractivity contribution in [3.8, 4) is 0 Å². The van der Waals surface area contributed by atoms with Gasteiger partial charge in [-0.05, 0) is 30.5 Å². The molecule has 89 valence electrons. The van der Waals surface area contributed by atoms with Gasteiger partial charge in [0.05, 0.1) is 0 Å². The molecular formula is C14H23OSi. The molecule has 1 aromatic carbocycles. The molecular weight excluding hydrogens is 212 g/mol. The molecule has 0 fully saturated rings. The summed E-state index contributed by atoms with van der Waals surface area (Å²) in [4.78, 5) is 0. The lowest BCUT2D eigenvalue weighted by atomic mass is 10.1. The molecule has 0 amide bonds. The Morgan fingerprint density at radius 1 is 1.12 bits per heavy atom. The summed E-state index contributed by atoms with van der Waals surface area (Å²) in [5.74, 6) is 0. The zero-order chi connectivity index (χ0) is 11.6. The Balaban J connectivity index is 2.11. The van der Waals surface area contributed by atoms with Crippen molar-refractivity contribution in [2.75, 3.05) is 6.61 Å². The summed E-state index contributed by atoms with van der Waals surface area (Å²) in [5, 5.41) is 0. The molecule has 16 heavy (non-hydrogen) atoms. The van der Waals surface area contributed by atoms with Crippen molar-refractivity contribution in [3.63, 3.8) is 0 Å². The summed E-state index contributed by atoms with van der Waals surface area (Å²) in [7, 11) is -0.489. The second-order valence-corrected chi connectivity index (χ2v) is 6.65. The van der Waals surface area contributed by atoms with E-state index < -0.39 is 9.04 Å². The molecule has 0 aliphatic carbocycles. The Kier molecular flexibility index (Phi) is 7.18. The Labute approximate surface area is 102 Å². The summed E-state index contributed by atoms with van der Waals surface area (Å²) in [6.45, 7) is 5.44. The molecule has 0 heterocycles. The summed E-state index contributed by atoms with van der Waals surface area (Å²) in [6, 6.07) is 13.2. The van der Waals surface area contributed by atoms with Gasteiger partial charge in [0.15, 0.2) is 0 Å². The van der Waals surface area contributed by atoms with Crippen LogP contribution < -0.4 is 0 Å². The molecule has 0 N–H and O–H groups in total. The van der Waals surface area contributed by atoms with E-state index in [9.17, 15) is 0 Å². The second-order valence-electron chi connectivity index (χ2n) is 4.08. The molecule has 0 aliphatic rings. The first-order valence-corrected chi connectivity index (χ1v) is 8.20. The topological polar surface area (TPSA) is 9.23 Å². The first-order valence-electron chi connectivity index (χ1n) is 6.38. The van der Waals surface area contributed by atoms with Gasteiger partial charge >= 0.3 is 0 Å². The molecule has 0 aliphatic heterocycles. The fraction of sp³-hybridized carbons (Fsp3) is 0.571. The van der Waals surface area contributed by atoms with Gasteiger partial charge < -0.3 is 4.43 Å². The first kappa shape index (κ1) is 13.5. The zero-order valence-corrected chi connectivity index (χ0v) is 11.5. The number of benzene rings is 1. The number of hydrogen-bond acceptors (Lipinski definition) is 1. The lowest BCUT2D eigenvalue weighted by Crippen LogP contribution is -2.17. The van der Waals surface area contributed by atoms with E-state index in [0.29, 0.717) is 0 Å². The van der Waals surface area contributed by atoms with Crippen LogP contribution in [0.1, 0.15) is 32.3 Å². The third-order valence-corrected chi connectivity index (χ3v) is 5.14. The monoisotopic (exact) mass is 235 g/mol. The minimum Gasteiger partial charge on any atom is -0.417 e. The van der Waals surface area contributed by atoms with E-state index in [0.717, 1.165) is 19.4 Å². The Bertz CT molecular complexity index is 261. The van der Waals surface area contributed by atoms with Crippen LogP contribution in [0.5, 0.6) is 0 Å². The smallest absolute Gasteiger partial charge is 0.211 e. The quantitative estimate of drug-likeness (QED) is 0.488. The number of rotatable bonds is 8. The van der Waals surface area contributed by atoms with E-state index in [1.54, 1.807) is 0 Å². The molecule has 1 radical (unpaired) electrons. The Morgan fingerprint density at radius 3 is 2.50 bits per heavy atom. The molecule has 0 bridgehead atoms. The fourth-order valence-corrected chi connectivity index (χ4v) is 3.46. The maximum Gasteiger partial charge on any atom is 0.211 e. The van der Waals surface area contributed by atoms with Gasteiger partial charge in [-0.1, -0.05) is 50.6 Å². The van der Waals surface area contributed by atoms with E-state index in [-0.39, 0.29) is 0 Å². The molecule has 0 aromatic heterocycles. The minimum atomic E-state index is -0.489. The largest absolute Gasteiger partial charge is 0.417 e. The molecule has 0 unspecified atom stereocenters. The zero-order valence-electron chi connectivity index (χ0n) is 10.5. The summed E-state index contributed by atoms with van der Waals surface area (Å²) in [5.41, 5.74) is 1.42. The predicted octanol–water partition coefficient (Wildman–Crippen LogP) is 4.06. The normalized spacial score (nSPS) is 10.9. The molecule has 1 rings (SSSR count). The van der Waals surface area contributed by atoms with E-state index in [2.05, 4.69) is 44.2 Å². The van der Waals surface area contributed by atoms with Gasteiger partial charge in [-0.3, -0.25) is 0 Å². The third-order valence-electron chi connectivity index (χ3n) is 2.68. The molecule has 0 saturated heterocycles. The van der Waals surface area contributed by atoms with Crippen LogP contribution in [0, 0.1) is 0 Å². The molecule has 1 aromatic rings. The van der Waals surface area contributed by atoms with Gasteiger partial charge in [-0.15, -0.1) is 0 Å². The van der Waals surface area contributed by atoms with Crippen LogP contribution in [0.25, 0.3) is 0 Å². The molecule has 2 heteroatoms. The highest BCUT2D eigenvalue weighted by atomic mass is 28.3. The van der Waals surface area contributed by atoms with Crippen molar-refractivity contribution in [1.82, 2.24) is 0 Å². The van der Waals surface area contributed by atoms with Crippen LogP contribution in [0.3, 0.4) is 0 Å². The first-order chi connectivity index (χ1) is 7.86. The highest BCUT2D eigenvalue weighted by molar-refractivity contribution is 6.51. The Morgan fingerprint density at radius 2 is 1.88 bits per heavy atom. The van der Waals surface area contributed by atoms with Gasteiger partial charge in [0.2, 0.25) is 9.04 Å². The SMILES string of the molecule is CCC[Si](CC)OCCCc1ccccc1. The van der Waals surface area contributed by atoms with Crippen molar-refractivity contribution < 1.29 is 4.43 Å². The van der Waals surface area contributed by atoms with Gasteiger partial charge in [0.25, 0.3) is 0 Å². The summed E-state index contributed by atoms with van der Waals surface area (Å²) >= 11 is 0. The van der Waals surface area contributed by atoms with E-state index >= 15 is 0 Å². The molecule has 1 nitrogen and oxygen atoms in total. The standard InChI is InChI=1S/C14H23OSi/c1-3-13-16(4-2)15-12-8-11-14-9-6-5-7-10-14/h5-7,9-10H,3-4,8,11-13H2,1-2H3. The van der Waals surface area contributed by atoms with Gasteiger partial charge in [-0.2, -0.15) is 0 Å². The van der Waals surface area contributed by atoms with Crippen LogP contribution in [-0.2, 0) is 10.8 Å². The average molecular weight is 235 g/mol. The highest BCUT2D eigenvalue weighted by Gasteiger charge is 2.08. The molecule has 0 atom stereocenters. The molecule has 0 spiro atoms. The summed E-state index contributed by atoms with van der Waals surface area (Å²) in [6.07, 6.45) is 3.56. The van der Waals surface area contributed by atoms with Crippen molar-refractivity contribution in [2.45, 2.75) is 45.2 Å². The maximum atomic E-state index is 5.96. The van der Waals surface area contributed by atoms with Gasteiger partial charge in [-0.25, -0.2) is 0 Å². The summed E-state index contributed by atoms with van der Waals surface area (Å²) < 4.78 is 5.96. The van der Waals surface area contributed by atoms with Gasteiger partial charge in [0.1, 0.15) is 0 Å². The highest BCUT2D eigenvalue weighted by Crippen LogP contribution is 2.07. The van der Waals surface area contributed by atoms with E-state index in [4.69, 9.17) is 4.43 Å². The van der Waals surface area contributed by atoms with Crippen LogP contribution in [0.4, 0.5) is 0 Å². The van der Waals surface area contributed by atoms with Crippen LogP contribution in [-0.4, -0.2) is 15.6 Å². The van der Waals surface area contributed by atoms with Crippen molar-refractivity contribution in [2.24, 2.45) is 0 Å². The van der Waals surface area contributed by atoms with Crippen molar-refractivity contribution in [1.29, 1.82) is 0 Å². The van der Waals surface area contributed by atoms with E-state index in [1.807, 2.05) is 0 Å².